The van der Waals surface area contributed by atoms with Crippen molar-refractivity contribution in [3.63, 3.8) is 0 Å². The average Bonchev–Trinajstić information content (AvgIpc) is 2.97. The first-order valence-corrected chi connectivity index (χ1v) is 7.90. The van der Waals surface area contributed by atoms with E-state index >= 15 is 0 Å². The third-order valence-electron chi connectivity index (χ3n) is 3.86. The summed E-state index contributed by atoms with van der Waals surface area (Å²) < 4.78 is 4.07. The molecule has 0 bridgehead atoms. The van der Waals surface area contributed by atoms with Crippen molar-refractivity contribution >= 4 is 23.3 Å². The lowest BCUT2D eigenvalue weighted by molar-refractivity contribution is 0.702. The number of nitrogens with one attached hydrogen (secondary N) is 1. The Morgan fingerprint density at radius 3 is 2.62 bits per heavy atom. The van der Waals surface area contributed by atoms with Crippen molar-refractivity contribution in [1.29, 1.82) is 0 Å². The fraction of sp³-hybridized carbons (Fsp3) is 0.235. The van der Waals surface area contributed by atoms with Crippen LogP contribution < -0.4 is 16.7 Å². The normalized spacial score (nSPS) is 11.3. The van der Waals surface area contributed by atoms with Gasteiger partial charge in [0.1, 0.15) is 0 Å². The number of imidazole rings is 1. The number of fused-ring (bicyclic) bond motifs is 1. The van der Waals surface area contributed by atoms with Gasteiger partial charge in [-0.25, -0.2) is 10.2 Å². The lowest BCUT2D eigenvalue weighted by atomic mass is 10.3. The number of anilines is 1. The maximum Gasteiger partial charge on any atom is 0.332 e. The minimum absolute atomic E-state index is 0.293. The van der Waals surface area contributed by atoms with Crippen LogP contribution in [0.3, 0.4) is 0 Å². The lowest BCUT2D eigenvalue weighted by Gasteiger charge is -2.08. The van der Waals surface area contributed by atoms with Gasteiger partial charge < -0.3 is 0 Å². The van der Waals surface area contributed by atoms with E-state index in [1.54, 1.807) is 30.2 Å². The lowest BCUT2D eigenvalue weighted by Crippen LogP contribution is -2.37. The van der Waals surface area contributed by atoms with Gasteiger partial charge in [0, 0.05) is 33.0 Å². The summed E-state index contributed by atoms with van der Waals surface area (Å²) in [6, 6.07) is 3.61. The summed E-state index contributed by atoms with van der Waals surface area (Å²) in [6.45, 7) is 6.12. The maximum atomic E-state index is 12.6. The van der Waals surface area contributed by atoms with E-state index in [-0.39, 0.29) is 0 Å². The molecule has 9 nitrogen and oxygen atoms in total. The molecule has 3 rings (SSSR count). The van der Waals surface area contributed by atoms with Crippen molar-refractivity contribution in [3.8, 4) is 0 Å². The molecule has 0 atom stereocenters. The second kappa shape index (κ2) is 6.79. The molecular formula is C17H19N7O2. The zero-order valence-electron chi connectivity index (χ0n) is 14.8. The van der Waals surface area contributed by atoms with Crippen LogP contribution in [0.1, 0.15) is 12.5 Å². The molecule has 0 saturated carbocycles. The molecule has 134 valence electrons. The topological polar surface area (TPSA) is 99.1 Å². The largest absolute Gasteiger partial charge is 0.332 e. The van der Waals surface area contributed by atoms with Crippen LogP contribution in [-0.2, 0) is 20.6 Å². The van der Waals surface area contributed by atoms with Crippen LogP contribution in [0.5, 0.6) is 0 Å². The first-order chi connectivity index (χ1) is 12.4. The number of pyridine rings is 1. The molecule has 0 aliphatic heterocycles. The third-order valence-corrected chi connectivity index (χ3v) is 3.86. The van der Waals surface area contributed by atoms with Gasteiger partial charge in [0.15, 0.2) is 11.2 Å². The molecule has 3 aromatic heterocycles. The Hall–Kier alpha value is -3.49. The molecule has 0 saturated heterocycles. The van der Waals surface area contributed by atoms with E-state index in [1.807, 2.05) is 19.1 Å². The van der Waals surface area contributed by atoms with Gasteiger partial charge in [0.05, 0.1) is 6.21 Å². The summed E-state index contributed by atoms with van der Waals surface area (Å²) in [6.07, 6.45) is 4.94. The number of aromatic nitrogens is 5. The number of aryl methyl sites for hydroxylation is 1. The Bertz CT molecular complexity index is 1120. The van der Waals surface area contributed by atoms with Gasteiger partial charge in [-0.2, -0.15) is 10.1 Å². The summed E-state index contributed by atoms with van der Waals surface area (Å²) in [5.41, 5.74) is 4.30. The van der Waals surface area contributed by atoms with E-state index in [2.05, 4.69) is 27.1 Å². The van der Waals surface area contributed by atoms with Gasteiger partial charge in [0.25, 0.3) is 5.56 Å². The van der Waals surface area contributed by atoms with Crippen LogP contribution >= 0.6 is 0 Å². The van der Waals surface area contributed by atoms with Crippen molar-refractivity contribution < 1.29 is 0 Å². The number of nitrogens with zero attached hydrogens (tertiary/aromatic N) is 6. The highest BCUT2D eigenvalue weighted by molar-refractivity contribution is 5.80. The predicted molar refractivity (Wildman–Crippen MR) is 100 cm³/mol. The fourth-order valence-corrected chi connectivity index (χ4v) is 2.57. The molecule has 0 aliphatic rings. The average molecular weight is 353 g/mol. The zero-order valence-corrected chi connectivity index (χ0v) is 14.8. The van der Waals surface area contributed by atoms with Crippen molar-refractivity contribution in [2.75, 3.05) is 5.43 Å². The van der Waals surface area contributed by atoms with E-state index in [1.165, 1.54) is 11.6 Å². The molecule has 0 aliphatic carbocycles. The monoisotopic (exact) mass is 353 g/mol. The van der Waals surface area contributed by atoms with Crippen molar-refractivity contribution in [2.45, 2.75) is 13.5 Å². The second-order valence-electron chi connectivity index (χ2n) is 6.01. The summed E-state index contributed by atoms with van der Waals surface area (Å²) >= 11 is 0. The van der Waals surface area contributed by atoms with E-state index in [4.69, 9.17) is 0 Å². The van der Waals surface area contributed by atoms with Crippen LogP contribution in [0.15, 0.2) is 51.4 Å². The summed E-state index contributed by atoms with van der Waals surface area (Å²) in [4.78, 5) is 33.1. The first kappa shape index (κ1) is 17.3. The van der Waals surface area contributed by atoms with Crippen LogP contribution in [0.4, 0.5) is 5.95 Å². The molecule has 3 heterocycles. The Morgan fingerprint density at radius 2 is 1.96 bits per heavy atom. The molecular weight excluding hydrogens is 334 g/mol. The summed E-state index contributed by atoms with van der Waals surface area (Å²) in [5, 5.41) is 4.17. The first-order valence-electron chi connectivity index (χ1n) is 7.90. The third kappa shape index (κ3) is 3.06. The second-order valence-corrected chi connectivity index (χ2v) is 6.01. The van der Waals surface area contributed by atoms with E-state index < -0.39 is 11.2 Å². The standard InChI is InChI=1S/C17H19N7O2/c1-11(2)10-24-13-14(22(3)17(26)23(4)15(13)25)20-16(24)21-19-9-12-5-7-18-8-6-12/h5-9H,1,10H2,2-4H3,(H,20,21)/b19-9-. The molecule has 0 unspecified atom stereocenters. The molecule has 1 N–H and O–H groups in total. The number of hydrogen-bond donors (Lipinski definition) is 1. The molecule has 3 aromatic rings. The SMILES string of the molecule is C=C(C)Cn1c(N/N=C\c2ccncc2)nc2c1c(=O)n(C)c(=O)n2C. The summed E-state index contributed by atoms with van der Waals surface area (Å²) in [7, 11) is 3.02. The van der Waals surface area contributed by atoms with Crippen LogP contribution in [-0.4, -0.2) is 29.9 Å². The van der Waals surface area contributed by atoms with Crippen molar-refractivity contribution in [3.05, 3.63) is 63.1 Å². The minimum atomic E-state index is -0.436. The highest BCUT2D eigenvalue weighted by Gasteiger charge is 2.18. The van der Waals surface area contributed by atoms with Gasteiger partial charge in [-0.3, -0.25) is 23.5 Å². The molecule has 0 amide bonds. The Labute approximate surface area is 148 Å². The van der Waals surface area contributed by atoms with E-state index in [0.717, 1.165) is 15.7 Å². The van der Waals surface area contributed by atoms with E-state index in [9.17, 15) is 9.59 Å². The van der Waals surface area contributed by atoms with Crippen LogP contribution in [0, 0.1) is 0 Å². The van der Waals surface area contributed by atoms with Crippen LogP contribution in [0.2, 0.25) is 0 Å². The number of hydrazone groups is 1. The molecule has 9 heteroatoms. The van der Waals surface area contributed by atoms with Gasteiger partial charge in [-0.05, 0) is 24.6 Å². The molecule has 0 aromatic carbocycles. The van der Waals surface area contributed by atoms with Crippen molar-refractivity contribution in [1.82, 2.24) is 23.7 Å². The van der Waals surface area contributed by atoms with Gasteiger partial charge >= 0.3 is 5.69 Å². The highest BCUT2D eigenvalue weighted by atomic mass is 16.2. The molecule has 0 radical (unpaired) electrons. The van der Waals surface area contributed by atoms with Gasteiger partial charge in [0.2, 0.25) is 5.95 Å². The quantitative estimate of drug-likeness (QED) is 0.416. The molecule has 0 spiro atoms. The van der Waals surface area contributed by atoms with E-state index in [0.29, 0.717) is 23.7 Å². The van der Waals surface area contributed by atoms with Gasteiger partial charge in [-0.1, -0.05) is 12.2 Å². The number of hydrogen-bond acceptors (Lipinski definition) is 6. The van der Waals surface area contributed by atoms with Gasteiger partial charge in [-0.15, -0.1) is 0 Å². The smallest absolute Gasteiger partial charge is 0.299 e. The number of allylic oxidation sites excluding steroid dienone is 1. The maximum absolute atomic E-state index is 12.6. The zero-order chi connectivity index (χ0) is 18.8. The summed E-state index contributed by atoms with van der Waals surface area (Å²) in [5.74, 6) is 0.353. The molecule has 26 heavy (non-hydrogen) atoms. The molecule has 0 fully saturated rings. The van der Waals surface area contributed by atoms with Crippen molar-refractivity contribution in [2.24, 2.45) is 19.2 Å². The minimum Gasteiger partial charge on any atom is -0.299 e. The Kier molecular flexibility index (Phi) is 4.53. The Balaban J connectivity index is 2.12. The highest BCUT2D eigenvalue weighted by Crippen LogP contribution is 2.17. The Morgan fingerprint density at radius 1 is 1.27 bits per heavy atom. The predicted octanol–water partition coefficient (Wildman–Crippen LogP) is 0.851. The fourth-order valence-electron chi connectivity index (χ4n) is 2.57. The van der Waals surface area contributed by atoms with Crippen LogP contribution in [0.25, 0.3) is 11.2 Å². The number of rotatable bonds is 5.